The molecule has 6 heteroatoms. The van der Waals surface area contributed by atoms with Gasteiger partial charge in [0.15, 0.2) is 0 Å². The topological polar surface area (TPSA) is 58.2 Å². The van der Waals surface area contributed by atoms with Crippen LogP contribution in [-0.4, -0.2) is 18.4 Å². The molecule has 0 unspecified atom stereocenters. The zero-order valence-electron chi connectivity index (χ0n) is 13.9. The third-order valence-corrected chi connectivity index (χ3v) is 4.47. The highest BCUT2D eigenvalue weighted by atomic mass is 32.1. The van der Waals surface area contributed by atoms with E-state index in [4.69, 9.17) is 0 Å². The first-order valence-electron chi connectivity index (χ1n) is 8.04. The fourth-order valence-electron chi connectivity index (χ4n) is 2.40. The van der Waals surface area contributed by atoms with Crippen LogP contribution in [0.2, 0.25) is 0 Å². The van der Waals surface area contributed by atoms with Gasteiger partial charge in [-0.3, -0.25) is 9.59 Å². The van der Waals surface area contributed by atoms with Gasteiger partial charge in [0, 0.05) is 12.1 Å². The Hall–Kier alpha value is -2.99. The van der Waals surface area contributed by atoms with Crippen LogP contribution in [0, 0.1) is 5.82 Å². The van der Waals surface area contributed by atoms with E-state index in [1.54, 1.807) is 35.6 Å². The number of rotatable bonds is 6. The molecular formula is C20H17FN2O2S. The van der Waals surface area contributed by atoms with Crippen molar-refractivity contribution in [2.24, 2.45) is 0 Å². The Morgan fingerprint density at radius 2 is 1.77 bits per heavy atom. The average Bonchev–Trinajstić information content (AvgIpc) is 3.20. The van der Waals surface area contributed by atoms with Gasteiger partial charge in [0.2, 0.25) is 5.91 Å². The first kappa shape index (κ1) is 17.8. The summed E-state index contributed by atoms with van der Waals surface area (Å²) in [5.74, 6) is -0.937. The molecule has 0 bridgehead atoms. The van der Waals surface area contributed by atoms with Crippen LogP contribution in [0.25, 0.3) is 11.1 Å². The van der Waals surface area contributed by atoms with Gasteiger partial charge in [0.25, 0.3) is 5.91 Å². The van der Waals surface area contributed by atoms with Crippen LogP contribution < -0.4 is 10.6 Å². The maximum Gasteiger partial charge on any atom is 0.251 e. The molecule has 0 atom stereocenters. The lowest BCUT2D eigenvalue weighted by atomic mass is 10.1. The molecule has 2 N–H and O–H groups in total. The van der Waals surface area contributed by atoms with Crippen molar-refractivity contribution in [1.82, 2.24) is 10.6 Å². The molecule has 2 amide bonds. The summed E-state index contributed by atoms with van der Waals surface area (Å²) in [6.45, 7) is 0.158. The second kappa shape index (κ2) is 8.40. The van der Waals surface area contributed by atoms with Crippen LogP contribution in [0.1, 0.15) is 15.9 Å². The van der Waals surface area contributed by atoms with Crippen molar-refractivity contribution >= 4 is 23.2 Å². The van der Waals surface area contributed by atoms with Gasteiger partial charge in [-0.15, -0.1) is 0 Å². The van der Waals surface area contributed by atoms with Crippen LogP contribution in [0.3, 0.4) is 0 Å². The van der Waals surface area contributed by atoms with E-state index in [0.29, 0.717) is 5.56 Å². The lowest BCUT2D eigenvalue weighted by Gasteiger charge is -2.08. The van der Waals surface area contributed by atoms with Gasteiger partial charge in [-0.1, -0.05) is 24.3 Å². The van der Waals surface area contributed by atoms with E-state index in [0.717, 1.165) is 16.7 Å². The van der Waals surface area contributed by atoms with Crippen LogP contribution in [0.15, 0.2) is 65.4 Å². The lowest BCUT2D eigenvalue weighted by molar-refractivity contribution is -0.120. The molecule has 0 saturated carbocycles. The predicted molar refractivity (Wildman–Crippen MR) is 100 cm³/mol. The number of hydrogen-bond donors (Lipinski definition) is 2. The summed E-state index contributed by atoms with van der Waals surface area (Å²) in [4.78, 5) is 24.1. The number of hydrogen-bond acceptors (Lipinski definition) is 3. The molecule has 1 heterocycles. The van der Waals surface area contributed by atoms with E-state index < -0.39 is 0 Å². The summed E-state index contributed by atoms with van der Waals surface area (Å²) < 4.78 is 12.8. The van der Waals surface area contributed by atoms with Gasteiger partial charge in [0.1, 0.15) is 5.82 Å². The highest BCUT2D eigenvalue weighted by Crippen LogP contribution is 2.22. The predicted octanol–water partition coefficient (Wildman–Crippen LogP) is 3.60. The molecule has 0 aliphatic rings. The van der Waals surface area contributed by atoms with Crippen molar-refractivity contribution in [3.8, 4) is 11.1 Å². The first-order chi connectivity index (χ1) is 12.6. The largest absolute Gasteiger partial charge is 0.350 e. The average molecular weight is 368 g/mol. The number of halogens is 1. The minimum atomic E-state index is -0.322. The molecule has 3 aromatic rings. The normalized spacial score (nSPS) is 10.3. The van der Waals surface area contributed by atoms with Crippen molar-refractivity contribution in [3.63, 3.8) is 0 Å². The molecule has 0 saturated heterocycles. The minimum Gasteiger partial charge on any atom is -0.350 e. The summed E-state index contributed by atoms with van der Waals surface area (Å²) in [5, 5.41) is 9.29. The number of benzene rings is 2. The van der Waals surface area contributed by atoms with Crippen LogP contribution >= 0.6 is 11.3 Å². The van der Waals surface area contributed by atoms with E-state index in [2.05, 4.69) is 10.6 Å². The fraction of sp³-hybridized carbons (Fsp3) is 0.100. The molecule has 0 aliphatic heterocycles. The Labute approximate surface area is 154 Å². The summed E-state index contributed by atoms with van der Waals surface area (Å²) >= 11 is 1.59. The van der Waals surface area contributed by atoms with Crippen LogP contribution in [0.5, 0.6) is 0 Å². The van der Waals surface area contributed by atoms with E-state index in [1.165, 1.54) is 12.1 Å². The third-order valence-electron chi connectivity index (χ3n) is 3.79. The molecule has 0 radical (unpaired) electrons. The smallest absolute Gasteiger partial charge is 0.251 e. The molecule has 0 aliphatic carbocycles. The summed E-state index contributed by atoms with van der Waals surface area (Å²) in [5.41, 5.74) is 3.30. The van der Waals surface area contributed by atoms with Gasteiger partial charge in [-0.25, -0.2) is 4.39 Å². The summed E-state index contributed by atoms with van der Waals surface area (Å²) in [7, 11) is 0. The first-order valence-corrected chi connectivity index (χ1v) is 8.98. The highest BCUT2D eigenvalue weighted by molar-refractivity contribution is 7.08. The molecule has 3 rings (SSSR count). The zero-order valence-corrected chi connectivity index (χ0v) is 14.7. The quantitative estimate of drug-likeness (QED) is 0.698. The fourth-order valence-corrected chi connectivity index (χ4v) is 3.06. The third kappa shape index (κ3) is 4.77. The molecule has 0 spiro atoms. The maximum atomic E-state index is 12.8. The monoisotopic (exact) mass is 368 g/mol. The minimum absolute atomic E-state index is 0.122. The number of nitrogens with one attached hydrogen (secondary N) is 2. The number of thiophene rings is 1. The van der Waals surface area contributed by atoms with Crippen molar-refractivity contribution in [1.29, 1.82) is 0 Å². The number of amides is 2. The molecule has 1 aromatic heterocycles. The van der Waals surface area contributed by atoms with Crippen LogP contribution in [0.4, 0.5) is 4.39 Å². The van der Waals surface area contributed by atoms with E-state index >= 15 is 0 Å². The Bertz CT molecular complexity index is 892. The maximum absolute atomic E-state index is 12.8. The molecule has 0 fully saturated rings. The van der Waals surface area contributed by atoms with Crippen molar-refractivity contribution in [2.45, 2.75) is 6.54 Å². The molecule has 2 aromatic carbocycles. The zero-order chi connectivity index (χ0) is 18.4. The summed E-state index contributed by atoms with van der Waals surface area (Å²) in [6, 6.07) is 15.1. The number of carbonyl (C=O) groups is 2. The lowest BCUT2D eigenvalue weighted by Crippen LogP contribution is -2.36. The van der Waals surface area contributed by atoms with Crippen molar-refractivity contribution < 1.29 is 14.0 Å². The Morgan fingerprint density at radius 3 is 2.50 bits per heavy atom. The molecular weight excluding hydrogens is 351 g/mol. The molecule has 26 heavy (non-hydrogen) atoms. The Morgan fingerprint density at radius 1 is 0.962 bits per heavy atom. The molecule has 4 nitrogen and oxygen atoms in total. The van der Waals surface area contributed by atoms with Gasteiger partial charge >= 0.3 is 0 Å². The van der Waals surface area contributed by atoms with Gasteiger partial charge < -0.3 is 10.6 Å². The second-order valence-electron chi connectivity index (χ2n) is 5.68. The Balaban J connectivity index is 1.51. The highest BCUT2D eigenvalue weighted by Gasteiger charge is 2.09. The van der Waals surface area contributed by atoms with Crippen LogP contribution in [-0.2, 0) is 11.3 Å². The van der Waals surface area contributed by atoms with Gasteiger partial charge in [0.05, 0.1) is 6.54 Å². The Kier molecular flexibility index (Phi) is 5.76. The summed E-state index contributed by atoms with van der Waals surface area (Å²) in [6.07, 6.45) is 0. The van der Waals surface area contributed by atoms with E-state index in [9.17, 15) is 14.0 Å². The van der Waals surface area contributed by atoms with E-state index in [-0.39, 0.29) is 30.7 Å². The second-order valence-corrected chi connectivity index (χ2v) is 6.46. The number of carbonyl (C=O) groups excluding carboxylic acids is 2. The van der Waals surface area contributed by atoms with Crippen molar-refractivity contribution in [2.75, 3.05) is 6.54 Å². The standard InChI is InChI=1S/C20H17FN2O2S/c21-18-6-4-14(5-7-18)11-22-19(24)12-23-20(25)16-3-1-2-15(10-16)17-8-9-26-13-17/h1-10,13H,11-12H2,(H,22,24)(H,23,25). The van der Waals surface area contributed by atoms with Gasteiger partial charge in [-0.05, 0) is 57.8 Å². The SMILES string of the molecule is O=C(CNC(=O)c1cccc(-c2ccsc2)c1)NCc1ccc(F)cc1. The van der Waals surface area contributed by atoms with Gasteiger partial charge in [-0.2, -0.15) is 11.3 Å². The molecule has 132 valence electrons. The van der Waals surface area contributed by atoms with Crippen molar-refractivity contribution in [3.05, 3.63) is 82.3 Å². The van der Waals surface area contributed by atoms with E-state index in [1.807, 2.05) is 29.0 Å².